The van der Waals surface area contributed by atoms with Crippen LogP contribution in [0.5, 0.6) is 0 Å². The highest BCUT2D eigenvalue weighted by Crippen LogP contribution is 2.56. The molecule has 0 saturated heterocycles. The Bertz CT molecular complexity index is 3010. The van der Waals surface area contributed by atoms with Crippen LogP contribution < -0.4 is 0 Å². The molecule has 11 rings (SSSR count). The number of benzene rings is 8. The van der Waals surface area contributed by atoms with Crippen LogP contribution in [0.4, 0.5) is 0 Å². The molecule has 1 aliphatic carbocycles. The van der Waals surface area contributed by atoms with Crippen molar-refractivity contribution in [1.82, 2.24) is 9.97 Å². The fourth-order valence-electron chi connectivity index (χ4n) is 10.6. The lowest BCUT2D eigenvalue weighted by molar-refractivity contribution is 0.414. The molecule has 10 aromatic rings. The molecular weight excluding hydrogens is 833 g/mol. The van der Waals surface area contributed by atoms with Gasteiger partial charge in [-0.3, -0.25) is 0 Å². The molecule has 2 heterocycles. The predicted molar refractivity (Wildman–Crippen MR) is 291 cm³/mol. The molecule has 0 fully saturated rings. The van der Waals surface area contributed by atoms with Crippen molar-refractivity contribution in [1.29, 1.82) is 0 Å². The zero-order valence-electron chi connectivity index (χ0n) is 39.6. The van der Waals surface area contributed by atoms with Crippen molar-refractivity contribution >= 4 is 0 Å². The lowest BCUT2D eigenvalue weighted by Gasteiger charge is -2.33. The number of aromatic nitrogens is 2. The molecule has 0 radical (unpaired) electrons. The summed E-state index contributed by atoms with van der Waals surface area (Å²) < 4.78 is 0. The van der Waals surface area contributed by atoms with Gasteiger partial charge in [0, 0.05) is 27.7 Å². The smallest absolute Gasteiger partial charge is 0.0715 e. The van der Waals surface area contributed by atoms with Crippen LogP contribution >= 0.6 is 0 Å². The van der Waals surface area contributed by atoms with E-state index >= 15 is 0 Å². The summed E-state index contributed by atoms with van der Waals surface area (Å²) in [4.78, 5) is 10.3. The topological polar surface area (TPSA) is 25.8 Å². The third-order valence-electron chi connectivity index (χ3n) is 14.3. The van der Waals surface area contributed by atoms with Gasteiger partial charge in [0.25, 0.3) is 0 Å². The summed E-state index contributed by atoms with van der Waals surface area (Å²) in [5, 5.41) is 0. The second-order valence-corrected chi connectivity index (χ2v) is 18.7. The number of hydrogen-bond acceptors (Lipinski definition) is 2. The van der Waals surface area contributed by atoms with Gasteiger partial charge in [-0.05, 0) is 116 Å². The van der Waals surface area contributed by atoms with Crippen LogP contribution in [0.15, 0.2) is 231 Å². The van der Waals surface area contributed by atoms with Gasteiger partial charge in [0.05, 0.1) is 22.8 Å². The Labute approximate surface area is 408 Å². The Kier molecular flexibility index (Phi) is 12.2. The lowest BCUT2D eigenvalue weighted by Crippen LogP contribution is -2.25. The number of fused-ring (bicyclic) bond motifs is 3. The summed E-state index contributed by atoms with van der Waals surface area (Å²) in [6.07, 6.45) is 6.98. The van der Waals surface area contributed by atoms with Crippen molar-refractivity contribution in [3.63, 3.8) is 0 Å². The molecule has 0 bridgehead atoms. The van der Waals surface area contributed by atoms with E-state index in [-0.39, 0.29) is 5.41 Å². The van der Waals surface area contributed by atoms with Crippen molar-refractivity contribution < 1.29 is 0 Å². The second kappa shape index (κ2) is 19.3. The van der Waals surface area contributed by atoms with Gasteiger partial charge in [0.15, 0.2) is 0 Å². The Morgan fingerprint density at radius 3 is 0.841 bits per heavy atom. The molecule has 0 N–H and O–H groups in total. The van der Waals surface area contributed by atoms with E-state index in [0.717, 1.165) is 69.0 Å². The lowest BCUT2D eigenvalue weighted by atomic mass is 9.70. The van der Waals surface area contributed by atoms with Crippen molar-refractivity contribution in [2.45, 2.75) is 57.8 Å². The maximum atomic E-state index is 5.13. The minimum Gasteiger partial charge on any atom is -0.248 e. The SMILES string of the molecule is CCCCC1(CCCC)c2cc(-c3ccc(-c4cc(-c5ccccc5)nc(-c5ccccc5)c4)cc3)ccc2-c2ccc(-c3ccc(-c4cc(-c5ccccc5)nc(-c5ccccc5)c4)cc3)cc21. The van der Waals surface area contributed by atoms with Crippen LogP contribution in [0.25, 0.3) is 101 Å². The number of hydrogen-bond donors (Lipinski definition) is 0. The van der Waals surface area contributed by atoms with Gasteiger partial charge < -0.3 is 0 Å². The van der Waals surface area contributed by atoms with Crippen LogP contribution in [-0.2, 0) is 5.41 Å². The van der Waals surface area contributed by atoms with E-state index in [1.54, 1.807) is 0 Å². The van der Waals surface area contributed by atoms with Crippen LogP contribution in [0.1, 0.15) is 63.5 Å². The first-order valence-corrected chi connectivity index (χ1v) is 24.8. The molecule has 0 unspecified atom stereocenters. The van der Waals surface area contributed by atoms with E-state index in [1.807, 2.05) is 0 Å². The van der Waals surface area contributed by atoms with E-state index in [1.165, 1.54) is 81.3 Å². The third kappa shape index (κ3) is 8.76. The van der Waals surface area contributed by atoms with Crippen molar-refractivity contribution in [3.05, 3.63) is 242 Å². The highest BCUT2D eigenvalue weighted by Gasteiger charge is 2.42. The highest BCUT2D eigenvalue weighted by atomic mass is 14.7. The average molecular weight is 889 g/mol. The highest BCUT2D eigenvalue weighted by molar-refractivity contribution is 5.87. The number of unbranched alkanes of at least 4 members (excludes halogenated alkanes) is 2. The standard InChI is InChI=1S/C67H56N2/c1-3-5-39-67(40-6-4-2)61-41-55(47-27-31-49(32-28-47)57-43-63(51-19-11-7-12-20-51)68-64(44-57)52-21-13-8-14-22-52)35-37-59(61)60-38-36-56(42-62(60)67)48-29-33-50(34-30-48)58-45-65(53-23-15-9-16-24-53)69-66(46-58)54-25-17-10-18-26-54/h7-38,41-46H,3-6,39-40H2,1-2H3. The van der Waals surface area contributed by atoms with E-state index in [4.69, 9.17) is 9.97 Å². The van der Waals surface area contributed by atoms with Gasteiger partial charge in [0.2, 0.25) is 0 Å². The van der Waals surface area contributed by atoms with Crippen molar-refractivity contribution in [2.75, 3.05) is 0 Å². The molecule has 0 amide bonds. The number of rotatable bonds is 14. The fraction of sp³-hybridized carbons (Fsp3) is 0.134. The van der Waals surface area contributed by atoms with Gasteiger partial charge >= 0.3 is 0 Å². The summed E-state index contributed by atoms with van der Waals surface area (Å²) in [5.74, 6) is 0. The van der Waals surface area contributed by atoms with Gasteiger partial charge in [-0.1, -0.05) is 234 Å². The normalized spacial score (nSPS) is 12.4. The van der Waals surface area contributed by atoms with Crippen molar-refractivity contribution in [2.24, 2.45) is 0 Å². The molecule has 334 valence electrons. The largest absolute Gasteiger partial charge is 0.248 e. The maximum Gasteiger partial charge on any atom is 0.0715 e. The zero-order valence-corrected chi connectivity index (χ0v) is 39.6. The molecule has 0 saturated carbocycles. The minimum absolute atomic E-state index is 0.0555. The number of nitrogens with zero attached hydrogens (tertiary/aromatic N) is 2. The van der Waals surface area contributed by atoms with Gasteiger partial charge in [-0.15, -0.1) is 0 Å². The molecule has 2 heteroatoms. The Balaban J connectivity index is 0.933. The quantitative estimate of drug-likeness (QED) is 0.109. The Morgan fingerprint density at radius 2 is 0.551 bits per heavy atom. The van der Waals surface area contributed by atoms with Gasteiger partial charge in [-0.2, -0.15) is 0 Å². The van der Waals surface area contributed by atoms with Crippen LogP contribution in [-0.4, -0.2) is 9.97 Å². The molecule has 2 aromatic heterocycles. The molecule has 69 heavy (non-hydrogen) atoms. The van der Waals surface area contributed by atoms with Gasteiger partial charge in [0.1, 0.15) is 0 Å². The first-order chi connectivity index (χ1) is 34.1. The zero-order chi connectivity index (χ0) is 46.6. The van der Waals surface area contributed by atoms with Crippen LogP contribution in [0, 0.1) is 0 Å². The molecule has 1 aliphatic rings. The summed E-state index contributed by atoms with van der Waals surface area (Å²) >= 11 is 0. The molecular formula is C67H56N2. The van der Waals surface area contributed by atoms with E-state index in [2.05, 4.69) is 244 Å². The molecule has 0 aliphatic heterocycles. The van der Waals surface area contributed by atoms with E-state index in [9.17, 15) is 0 Å². The van der Waals surface area contributed by atoms with Crippen molar-refractivity contribution in [3.8, 4) is 101 Å². The monoisotopic (exact) mass is 888 g/mol. The second-order valence-electron chi connectivity index (χ2n) is 18.7. The van der Waals surface area contributed by atoms with Gasteiger partial charge in [-0.25, -0.2) is 9.97 Å². The summed E-state index contributed by atoms with van der Waals surface area (Å²) in [6, 6.07) is 83.9. The van der Waals surface area contributed by atoms with E-state index in [0.29, 0.717) is 0 Å². The molecule has 8 aromatic carbocycles. The minimum atomic E-state index is -0.0555. The average Bonchev–Trinajstić information content (AvgIpc) is 3.70. The molecule has 2 nitrogen and oxygen atoms in total. The molecule has 0 atom stereocenters. The summed E-state index contributed by atoms with van der Waals surface area (Å²) in [5.41, 5.74) is 23.8. The summed E-state index contributed by atoms with van der Waals surface area (Å²) in [6.45, 7) is 4.67. The first-order valence-electron chi connectivity index (χ1n) is 24.8. The van der Waals surface area contributed by atoms with Crippen LogP contribution in [0.3, 0.4) is 0 Å². The van der Waals surface area contributed by atoms with E-state index < -0.39 is 0 Å². The Hall–Kier alpha value is -7.94. The fourth-order valence-corrected chi connectivity index (χ4v) is 10.6. The predicted octanol–water partition coefficient (Wildman–Crippen LogP) is 18.5. The summed E-state index contributed by atoms with van der Waals surface area (Å²) in [7, 11) is 0. The third-order valence-corrected chi connectivity index (χ3v) is 14.3. The maximum absolute atomic E-state index is 5.13. The number of pyridine rings is 2. The Morgan fingerprint density at radius 1 is 0.275 bits per heavy atom. The first kappa shape index (κ1) is 43.6. The molecule has 0 spiro atoms. The van der Waals surface area contributed by atoms with Crippen LogP contribution in [0.2, 0.25) is 0 Å².